The number of carboxylic acid groups (broad SMARTS) is 1. The van der Waals surface area contributed by atoms with Gasteiger partial charge in [0.05, 0.1) is 17.0 Å². The van der Waals surface area contributed by atoms with Crippen LogP contribution in [-0.4, -0.2) is 28.5 Å². The molecule has 110 valence electrons. The van der Waals surface area contributed by atoms with Gasteiger partial charge < -0.3 is 10.4 Å². The molecule has 2 aromatic rings. The molecule has 0 saturated carbocycles. The van der Waals surface area contributed by atoms with Crippen LogP contribution in [0, 0.1) is 6.92 Å². The van der Waals surface area contributed by atoms with E-state index in [-0.39, 0.29) is 12.3 Å². The fourth-order valence-electron chi connectivity index (χ4n) is 1.91. The Morgan fingerprint density at radius 3 is 2.76 bits per heavy atom. The number of nitrogens with one attached hydrogen (secondary N) is 1. The first-order chi connectivity index (χ1) is 10.1. The normalized spacial score (nSPS) is 10.3. The number of carbonyl (C=O) groups excluding carboxylic acids is 1. The lowest BCUT2D eigenvalue weighted by atomic mass is 10.1. The number of aliphatic carboxylic acids is 1. The van der Waals surface area contributed by atoms with Crippen molar-refractivity contribution >= 4 is 23.2 Å². The number of rotatable bonds is 6. The Balaban J connectivity index is 2.00. The summed E-state index contributed by atoms with van der Waals surface area (Å²) in [6.45, 7) is 2.14. The Hall–Kier alpha value is -2.21. The predicted octanol–water partition coefficient (Wildman–Crippen LogP) is 2.71. The quantitative estimate of drug-likeness (QED) is 0.804. The zero-order chi connectivity index (χ0) is 15.2. The van der Waals surface area contributed by atoms with Gasteiger partial charge in [0, 0.05) is 23.9 Å². The minimum absolute atomic E-state index is 0.0502. The Morgan fingerprint density at radius 1 is 1.33 bits per heavy atom. The van der Waals surface area contributed by atoms with Crippen molar-refractivity contribution in [3.05, 3.63) is 40.2 Å². The van der Waals surface area contributed by atoms with E-state index in [2.05, 4.69) is 10.3 Å². The second-order valence-electron chi connectivity index (χ2n) is 4.59. The molecule has 6 heteroatoms. The SMILES string of the molecule is Cc1nc(-c2ccsc2)ccc1C(=O)NCCCC(=O)O. The van der Waals surface area contributed by atoms with Crippen LogP contribution in [0.5, 0.6) is 0 Å². The van der Waals surface area contributed by atoms with Gasteiger partial charge >= 0.3 is 5.97 Å². The topological polar surface area (TPSA) is 79.3 Å². The lowest BCUT2D eigenvalue weighted by Crippen LogP contribution is -2.25. The summed E-state index contributed by atoms with van der Waals surface area (Å²) in [6, 6.07) is 5.56. The number of pyridine rings is 1. The van der Waals surface area contributed by atoms with Crippen molar-refractivity contribution in [3.63, 3.8) is 0 Å². The standard InChI is InChI=1S/C15H16N2O3S/c1-10-12(15(20)16-7-2-3-14(18)19)4-5-13(17-10)11-6-8-21-9-11/h4-6,8-9H,2-3,7H2,1H3,(H,16,20)(H,18,19). The predicted molar refractivity (Wildman–Crippen MR) is 81.5 cm³/mol. The van der Waals surface area contributed by atoms with Gasteiger partial charge in [-0.05, 0) is 36.9 Å². The number of aromatic nitrogens is 1. The number of hydrogen-bond acceptors (Lipinski definition) is 4. The van der Waals surface area contributed by atoms with E-state index < -0.39 is 5.97 Å². The molecule has 2 aromatic heterocycles. The number of nitrogens with zero attached hydrogens (tertiary/aromatic N) is 1. The van der Waals surface area contributed by atoms with Gasteiger partial charge in [0.15, 0.2) is 0 Å². The lowest BCUT2D eigenvalue weighted by Gasteiger charge is -2.08. The Kier molecular flexibility index (Phi) is 5.05. The lowest BCUT2D eigenvalue weighted by molar-refractivity contribution is -0.137. The minimum atomic E-state index is -0.859. The van der Waals surface area contributed by atoms with Crippen molar-refractivity contribution in [2.45, 2.75) is 19.8 Å². The van der Waals surface area contributed by atoms with Crippen LogP contribution < -0.4 is 5.32 Å². The average Bonchev–Trinajstić information content (AvgIpc) is 2.97. The summed E-state index contributed by atoms with van der Waals surface area (Å²) in [5.74, 6) is -1.08. The Bertz CT molecular complexity index is 638. The van der Waals surface area contributed by atoms with Crippen molar-refractivity contribution < 1.29 is 14.7 Å². The third-order valence-electron chi connectivity index (χ3n) is 3.00. The molecule has 2 N–H and O–H groups in total. The second kappa shape index (κ2) is 6.99. The van der Waals surface area contributed by atoms with Gasteiger partial charge in [-0.15, -0.1) is 0 Å². The molecule has 0 aliphatic rings. The highest BCUT2D eigenvalue weighted by atomic mass is 32.1. The number of hydrogen-bond donors (Lipinski definition) is 2. The molecule has 0 bridgehead atoms. The summed E-state index contributed by atoms with van der Waals surface area (Å²) < 4.78 is 0. The van der Waals surface area contributed by atoms with Crippen molar-refractivity contribution in [3.8, 4) is 11.3 Å². The van der Waals surface area contributed by atoms with Crippen LogP contribution in [0.4, 0.5) is 0 Å². The molecule has 0 aliphatic carbocycles. The molecule has 2 rings (SSSR count). The minimum Gasteiger partial charge on any atom is -0.481 e. The molecule has 0 unspecified atom stereocenters. The summed E-state index contributed by atoms with van der Waals surface area (Å²) in [7, 11) is 0. The molecule has 0 fully saturated rings. The van der Waals surface area contributed by atoms with Crippen LogP contribution in [0.25, 0.3) is 11.3 Å². The van der Waals surface area contributed by atoms with Crippen molar-refractivity contribution in [2.75, 3.05) is 6.54 Å². The number of amides is 1. The average molecular weight is 304 g/mol. The van der Waals surface area contributed by atoms with Gasteiger partial charge in [0.1, 0.15) is 0 Å². The molecular weight excluding hydrogens is 288 g/mol. The first kappa shape index (κ1) is 15.2. The highest BCUT2D eigenvalue weighted by Crippen LogP contribution is 2.21. The van der Waals surface area contributed by atoms with Gasteiger partial charge in [0.25, 0.3) is 5.91 Å². The summed E-state index contributed by atoms with van der Waals surface area (Å²) in [4.78, 5) is 26.9. The van der Waals surface area contributed by atoms with Crippen molar-refractivity contribution in [1.29, 1.82) is 0 Å². The van der Waals surface area contributed by atoms with Crippen LogP contribution in [0.1, 0.15) is 28.9 Å². The van der Waals surface area contributed by atoms with E-state index in [1.165, 1.54) is 0 Å². The largest absolute Gasteiger partial charge is 0.481 e. The first-order valence-corrected chi connectivity index (χ1v) is 7.52. The number of aryl methyl sites for hydroxylation is 1. The highest BCUT2D eigenvalue weighted by molar-refractivity contribution is 7.08. The van der Waals surface area contributed by atoms with Crippen LogP contribution in [0.15, 0.2) is 29.0 Å². The van der Waals surface area contributed by atoms with Crippen molar-refractivity contribution in [1.82, 2.24) is 10.3 Å². The molecular formula is C15H16N2O3S. The fraction of sp³-hybridized carbons (Fsp3) is 0.267. The zero-order valence-corrected chi connectivity index (χ0v) is 12.4. The summed E-state index contributed by atoms with van der Waals surface area (Å²) in [6.07, 6.45) is 0.467. The number of carbonyl (C=O) groups is 2. The molecule has 0 saturated heterocycles. The maximum atomic E-state index is 12.0. The van der Waals surface area contributed by atoms with Gasteiger partial charge in [-0.1, -0.05) is 0 Å². The zero-order valence-electron chi connectivity index (χ0n) is 11.6. The van der Waals surface area contributed by atoms with E-state index >= 15 is 0 Å². The van der Waals surface area contributed by atoms with Gasteiger partial charge in [-0.2, -0.15) is 11.3 Å². The van der Waals surface area contributed by atoms with Crippen LogP contribution in [0.2, 0.25) is 0 Å². The maximum Gasteiger partial charge on any atom is 0.303 e. The second-order valence-corrected chi connectivity index (χ2v) is 5.37. The molecule has 1 amide bonds. The smallest absolute Gasteiger partial charge is 0.303 e. The number of thiophene rings is 1. The molecule has 0 aliphatic heterocycles. The van der Waals surface area contributed by atoms with Crippen LogP contribution in [-0.2, 0) is 4.79 Å². The maximum absolute atomic E-state index is 12.0. The van der Waals surface area contributed by atoms with Crippen LogP contribution >= 0.6 is 11.3 Å². The van der Waals surface area contributed by atoms with E-state index in [1.807, 2.05) is 22.9 Å². The summed E-state index contributed by atoms with van der Waals surface area (Å²) in [5.41, 5.74) is 3.06. The third-order valence-corrected chi connectivity index (χ3v) is 3.68. The molecule has 0 radical (unpaired) electrons. The van der Waals surface area contributed by atoms with E-state index in [0.717, 1.165) is 11.3 Å². The van der Waals surface area contributed by atoms with E-state index in [4.69, 9.17) is 5.11 Å². The Labute approximate surface area is 126 Å². The van der Waals surface area contributed by atoms with Crippen molar-refractivity contribution in [2.24, 2.45) is 0 Å². The van der Waals surface area contributed by atoms with Gasteiger partial charge in [-0.3, -0.25) is 14.6 Å². The van der Waals surface area contributed by atoms with Gasteiger partial charge in [0.2, 0.25) is 0 Å². The van der Waals surface area contributed by atoms with Crippen LogP contribution in [0.3, 0.4) is 0 Å². The molecule has 0 spiro atoms. The van der Waals surface area contributed by atoms with E-state index in [1.54, 1.807) is 24.3 Å². The molecule has 0 atom stereocenters. The molecule has 2 heterocycles. The fourth-order valence-corrected chi connectivity index (χ4v) is 2.56. The third kappa shape index (κ3) is 4.13. The summed E-state index contributed by atoms with van der Waals surface area (Å²) in [5, 5.41) is 15.2. The Morgan fingerprint density at radius 2 is 2.14 bits per heavy atom. The summed E-state index contributed by atoms with van der Waals surface area (Å²) >= 11 is 1.60. The molecule has 21 heavy (non-hydrogen) atoms. The van der Waals surface area contributed by atoms with E-state index in [9.17, 15) is 9.59 Å². The highest BCUT2D eigenvalue weighted by Gasteiger charge is 2.11. The van der Waals surface area contributed by atoms with E-state index in [0.29, 0.717) is 24.2 Å². The molecule has 0 aromatic carbocycles. The van der Waals surface area contributed by atoms with Gasteiger partial charge in [-0.25, -0.2) is 0 Å². The number of carboxylic acids is 1. The molecule has 5 nitrogen and oxygen atoms in total. The first-order valence-electron chi connectivity index (χ1n) is 6.58. The monoisotopic (exact) mass is 304 g/mol.